The zero-order chi connectivity index (χ0) is 16.2. The molecule has 0 aromatic carbocycles. The van der Waals surface area contributed by atoms with E-state index in [2.05, 4.69) is 6.92 Å². The van der Waals surface area contributed by atoms with Crippen LogP contribution in [0.2, 0.25) is 0 Å². The van der Waals surface area contributed by atoms with Crippen LogP contribution < -0.4 is 0 Å². The van der Waals surface area contributed by atoms with Crippen LogP contribution in [0.1, 0.15) is 32.6 Å². The average molecular weight is 326 g/mol. The van der Waals surface area contributed by atoms with Crippen molar-refractivity contribution in [1.29, 1.82) is 0 Å². The fourth-order valence-electron chi connectivity index (χ4n) is 2.86. The van der Waals surface area contributed by atoms with Crippen molar-refractivity contribution in [3.05, 3.63) is 11.9 Å². The lowest BCUT2D eigenvalue weighted by Crippen LogP contribution is -2.41. The van der Waals surface area contributed by atoms with E-state index in [1.54, 1.807) is 0 Å². The Balaban J connectivity index is 1.77. The quantitative estimate of drug-likeness (QED) is 0.731. The summed E-state index contributed by atoms with van der Waals surface area (Å²) in [6.45, 7) is 3.50. The third kappa shape index (κ3) is 5.21. The first-order chi connectivity index (χ1) is 10.4. The van der Waals surface area contributed by atoms with Crippen LogP contribution in [0.3, 0.4) is 0 Å². The number of hydrogen-bond donors (Lipinski definition) is 0. The highest BCUT2D eigenvalue weighted by atomic mass is 19.4. The van der Waals surface area contributed by atoms with E-state index < -0.39 is 24.4 Å². The SMILES string of the molecule is CCCC1COC(C2CCC(C(F)=CC(F)(F)F)OC2)OC1. The molecule has 128 valence electrons. The van der Waals surface area contributed by atoms with Crippen molar-refractivity contribution >= 4 is 0 Å². The number of ether oxygens (including phenoxy) is 3. The van der Waals surface area contributed by atoms with Crippen LogP contribution in [0.5, 0.6) is 0 Å². The van der Waals surface area contributed by atoms with Crippen molar-refractivity contribution in [1.82, 2.24) is 0 Å². The van der Waals surface area contributed by atoms with E-state index in [4.69, 9.17) is 14.2 Å². The highest BCUT2D eigenvalue weighted by Gasteiger charge is 2.35. The summed E-state index contributed by atoms with van der Waals surface area (Å²) in [5.74, 6) is -0.928. The van der Waals surface area contributed by atoms with E-state index in [9.17, 15) is 17.6 Å². The summed E-state index contributed by atoms with van der Waals surface area (Å²) in [7, 11) is 0. The second-order valence-electron chi connectivity index (χ2n) is 5.92. The highest BCUT2D eigenvalue weighted by molar-refractivity contribution is 5.04. The topological polar surface area (TPSA) is 27.7 Å². The second kappa shape index (κ2) is 7.75. The number of allylic oxidation sites excluding steroid dienone is 1. The van der Waals surface area contributed by atoms with Gasteiger partial charge >= 0.3 is 6.18 Å². The molecule has 22 heavy (non-hydrogen) atoms. The van der Waals surface area contributed by atoms with Gasteiger partial charge in [-0.05, 0) is 19.3 Å². The van der Waals surface area contributed by atoms with E-state index in [0.29, 0.717) is 25.6 Å². The maximum Gasteiger partial charge on any atom is 0.412 e. The van der Waals surface area contributed by atoms with Gasteiger partial charge in [0.2, 0.25) is 0 Å². The minimum atomic E-state index is -4.66. The third-order valence-corrected chi connectivity index (χ3v) is 3.99. The number of hydrogen-bond acceptors (Lipinski definition) is 3. The average Bonchev–Trinajstić information content (AvgIpc) is 2.47. The van der Waals surface area contributed by atoms with Crippen LogP contribution in [0.15, 0.2) is 11.9 Å². The number of rotatable bonds is 4. The molecule has 2 rings (SSSR count). The summed E-state index contributed by atoms with van der Waals surface area (Å²) >= 11 is 0. The van der Waals surface area contributed by atoms with Crippen molar-refractivity contribution in [3.63, 3.8) is 0 Å². The minimum absolute atomic E-state index is 0.0579. The van der Waals surface area contributed by atoms with Crippen LogP contribution in [0, 0.1) is 11.8 Å². The lowest BCUT2D eigenvalue weighted by atomic mass is 9.96. The van der Waals surface area contributed by atoms with Crippen LogP contribution in [0.4, 0.5) is 17.6 Å². The maximum absolute atomic E-state index is 13.4. The number of alkyl halides is 3. The first-order valence-corrected chi connectivity index (χ1v) is 7.69. The molecule has 0 aliphatic carbocycles. The monoisotopic (exact) mass is 326 g/mol. The standard InChI is InChI=1S/C15H22F4O3/c1-2-3-10-7-21-14(22-8-10)11-4-5-13(20-9-11)12(16)6-15(17,18)19/h6,10-11,13-14H,2-5,7-9H2,1H3. The van der Waals surface area contributed by atoms with E-state index in [-0.39, 0.29) is 25.0 Å². The molecule has 3 nitrogen and oxygen atoms in total. The molecule has 2 aliphatic heterocycles. The van der Waals surface area contributed by atoms with Gasteiger partial charge in [-0.15, -0.1) is 0 Å². The van der Waals surface area contributed by atoms with Crippen molar-refractivity contribution < 1.29 is 31.8 Å². The lowest BCUT2D eigenvalue weighted by molar-refractivity contribution is -0.240. The van der Waals surface area contributed by atoms with Gasteiger partial charge in [0.05, 0.1) is 25.9 Å². The third-order valence-electron chi connectivity index (χ3n) is 3.99. The summed E-state index contributed by atoms with van der Waals surface area (Å²) in [6.07, 6.45) is -3.67. The van der Waals surface area contributed by atoms with E-state index >= 15 is 0 Å². The van der Waals surface area contributed by atoms with Gasteiger partial charge in [0.1, 0.15) is 11.9 Å². The summed E-state index contributed by atoms with van der Waals surface area (Å²) < 4.78 is 66.4. The van der Waals surface area contributed by atoms with E-state index in [0.717, 1.165) is 12.8 Å². The normalized spacial score (nSPS) is 34.7. The zero-order valence-corrected chi connectivity index (χ0v) is 12.6. The molecule has 0 spiro atoms. The van der Waals surface area contributed by atoms with E-state index in [1.807, 2.05) is 0 Å². The molecule has 0 radical (unpaired) electrons. The van der Waals surface area contributed by atoms with Crippen molar-refractivity contribution in [3.8, 4) is 0 Å². The van der Waals surface area contributed by atoms with Gasteiger partial charge in [-0.3, -0.25) is 0 Å². The number of halogens is 4. The van der Waals surface area contributed by atoms with Crippen molar-refractivity contribution in [2.45, 2.75) is 51.2 Å². The summed E-state index contributed by atoms with van der Waals surface area (Å²) in [5.41, 5.74) is 0. The summed E-state index contributed by atoms with van der Waals surface area (Å²) in [4.78, 5) is 0. The van der Waals surface area contributed by atoms with Gasteiger partial charge in [0, 0.05) is 11.8 Å². The van der Waals surface area contributed by atoms with Gasteiger partial charge in [-0.1, -0.05) is 13.3 Å². The molecule has 2 aliphatic rings. The van der Waals surface area contributed by atoms with E-state index in [1.165, 1.54) is 0 Å². The largest absolute Gasteiger partial charge is 0.412 e. The summed E-state index contributed by atoms with van der Waals surface area (Å²) in [6, 6.07) is 0. The minimum Gasteiger partial charge on any atom is -0.371 e. The predicted molar refractivity (Wildman–Crippen MR) is 71.8 cm³/mol. The maximum atomic E-state index is 13.4. The van der Waals surface area contributed by atoms with Crippen molar-refractivity contribution in [2.75, 3.05) is 19.8 Å². The van der Waals surface area contributed by atoms with Gasteiger partial charge in [-0.2, -0.15) is 13.2 Å². The molecule has 0 N–H and O–H groups in total. The van der Waals surface area contributed by atoms with Crippen LogP contribution in [-0.2, 0) is 14.2 Å². The first-order valence-electron chi connectivity index (χ1n) is 7.69. The zero-order valence-electron chi connectivity index (χ0n) is 12.6. The molecule has 7 heteroatoms. The van der Waals surface area contributed by atoms with Crippen LogP contribution >= 0.6 is 0 Å². The summed E-state index contributed by atoms with van der Waals surface area (Å²) in [5, 5.41) is 0. The Labute approximate surface area is 127 Å². The fraction of sp³-hybridized carbons (Fsp3) is 0.867. The highest BCUT2D eigenvalue weighted by Crippen LogP contribution is 2.32. The molecule has 0 aromatic rings. The Hall–Kier alpha value is -0.660. The molecule has 2 heterocycles. The van der Waals surface area contributed by atoms with Gasteiger partial charge in [0.25, 0.3) is 0 Å². The fourth-order valence-corrected chi connectivity index (χ4v) is 2.86. The molecule has 0 bridgehead atoms. The molecule has 2 atom stereocenters. The molecular formula is C15H22F4O3. The Morgan fingerprint density at radius 3 is 2.27 bits per heavy atom. The molecule has 2 saturated heterocycles. The molecule has 0 saturated carbocycles. The van der Waals surface area contributed by atoms with Crippen LogP contribution in [-0.4, -0.2) is 38.4 Å². The second-order valence-corrected chi connectivity index (χ2v) is 5.92. The predicted octanol–water partition coefficient (Wildman–Crippen LogP) is 3.99. The molecule has 0 amide bonds. The molecular weight excluding hydrogens is 304 g/mol. The Morgan fingerprint density at radius 2 is 1.77 bits per heavy atom. The smallest absolute Gasteiger partial charge is 0.371 e. The lowest BCUT2D eigenvalue weighted by Gasteiger charge is -2.37. The first kappa shape index (κ1) is 17.7. The van der Waals surface area contributed by atoms with Crippen LogP contribution in [0.25, 0.3) is 0 Å². The van der Waals surface area contributed by atoms with Crippen molar-refractivity contribution in [2.24, 2.45) is 11.8 Å². The molecule has 2 fully saturated rings. The van der Waals surface area contributed by atoms with Gasteiger partial charge in [0.15, 0.2) is 6.29 Å². The Morgan fingerprint density at radius 1 is 1.09 bits per heavy atom. The Kier molecular flexibility index (Phi) is 6.23. The van der Waals surface area contributed by atoms with Gasteiger partial charge < -0.3 is 14.2 Å². The molecule has 0 aromatic heterocycles. The molecule has 2 unspecified atom stereocenters. The van der Waals surface area contributed by atoms with Gasteiger partial charge in [-0.25, -0.2) is 4.39 Å². The Bertz CT molecular complexity index is 367.